The Morgan fingerprint density at radius 3 is 2.20 bits per heavy atom. The van der Waals surface area contributed by atoms with Crippen LogP contribution in [-0.4, -0.2) is 52.8 Å². The molecule has 2 atom stereocenters. The molecule has 136 valence electrons. The van der Waals surface area contributed by atoms with E-state index in [1.807, 2.05) is 56.0 Å². The van der Waals surface area contributed by atoms with E-state index >= 15 is 0 Å². The molecule has 25 heavy (non-hydrogen) atoms. The maximum Gasteiger partial charge on any atom is 0.410 e. The van der Waals surface area contributed by atoms with Crippen molar-refractivity contribution < 1.29 is 19.1 Å². The van der Waals surface area contributed by atoms with Crippen molar-refractivity contribution in [3.05, 3.63) is 35.9 Å². The van der Waals surface area contributed by atoms with Crippen molar-refractivity contribution >= 4 is 12.2 Å². The van der Waals surface area contributed by atoms with Crippen LogP contribution in [0.25, 0.3) is 0 Å². The first-order valence-electron chi connectivity index (χ1n) is 8.80. The van der Waals surface area contributed by atoms with Crippen LogP contribution >= 0.6 is 0 Å². The lowest BCUT2D eigenvalue weighted by Gasteiger charge is -2.40. The molecule has 0 radical (unpaired) electrons. The fraction of sp³-hybridized carbons (Fsp3) is 0.579. The van der Waals surface area contributed by atoms with Gasteiger partial charge < -0.3 is 14.4 Å². The number of hydrogen-bond donors (Lipinski definition) is 0. The van der Waals surface area contributed by atoms with Crippen molar-refractivity contribution in [1.29, 1.82) is 0 Å². The molecule has 2 heterocycles. The monoisotopic (exact) mass is 346 g/mol. The van der Waals surface area contributed by atoms with E-state index in [0.29, 0.717) is 13.1 Å². The van der Waals surface area contributed by atoms with Crippen molar-refractivity contribution in [2.24, 2.45) is 0 Å². The third-order valence-corrected chi connectivity index (χ3v) is 4.55. The van der Waals surface area contributed by atoms with Gasteiger partial charge in [0, 0.05) is 13.1 Å². The summed E-state index contributed by atoms with van der Waals surface area (Å²) >= 11 is 0. The minimum Gasteiger partial charge on any atom is -0.445 e. The Morgan fingerprint density at radius 2 is 1.64 bits per heavy atom. The first-order valence-corrected chi connectivity index (χ1v) is 8.80. The molecule has 2 amide bonds. The Bertz CT molecular complexity index is 612. The van der Waals surface area contributed by atoms with E-state index in [2.05, 4.69) is 0 Å². The van der Waals surface area contributed by atoms with Gasteiger partial charge in [0.1, 0.15) is 12.2 Å². The van der Waals surface area contributed by atoms with Crippen LogP contribution in [0.1, 0.15) is 39.2 Å². The molecule has 0 saturated carbocycles. The summed E-state index contributed by atoms with van der Waals surface area (Å²) < 4.78 is 10.9. The number of ether oxygens (including phenoxy) is 2. The van der Waals surface area contributed by atoms with E-state index in [1.54, 1.807) is 4.90 Å². The fourth-order valence-electron chi connectivity index (χ4n) is 3.48. The highest BCUT2D eigenvalue weighted by molar-refractivity contribution is 5.72. The van der Waals surface area contributed by atoms with E-state index < -0.39 is 5.60 Å². The number of fused-ring (bicyclic) bond motifs is 2. The Labute approximate surface area is 148 Å². The molecule has 2 aliphatic heterocycles. The van der Waals surface area contributed by atoms with Gasteiger partial charge in [-0.15, -0.1) is 0 Å². The molecule has 2 fully saturated rings. The molecule has 3 rings (SSSR count). The summed E-state index contributed by atoms with van der Waals surface area (Å²) in [4.78, 5) is 28.3. The van der Waals surface area contributed by atoms with Crippen LogP contribution in [0.5, 0.6) is 0 Å². The van der Waals surface area contributed by atoms with Crippen LogP contribution in [0.2, 0.25) is 0 Å². The zero-order chi connectivity index (χ0) is 18.0. The number of benzene rings is 1. The Hall–Kier alpha value is -2.24. The largest absolute Gasteiger partial charge is 0.445 e. The van der Waals surface area contributed by atoms with Crippen LogP contribution < -0.4 is 0 Å². The molecule has 1 aromatic carbocycles. The minimum atomic E-state index is -0.512. The number of carbonyl (C=O) groups excluding carboxylic acids is 2. The molecule has 0 unspecified atom stereocenters. The van der Waals surface area contributed by atoms with Crippen LogP contribution in [-0.2, 0) is 16.1 Å². The summed E-state index contributed by atoms with van der Waals surface area (Å²) in [7, 11) is 0. The summed E-state index contributed by atoms with van der Waals surface area (Å²) in [6.45, 7) is 6.87. The molecule has 2 bridgehead atoms. The Morgan fingerprint density at radius 1 is 1.04 bits per heavy atom. The highest BCUT2D eigenvalue weighted by atomic mass is 16.6. The van der Waals surface area contributed by atoms with E-state index in [0.717, 1.165) is 18.4 Å². The molecular weight excluding hydrogens is 320 g/mol. The number of piperazine rings is 1. The standard InChI is InChI=1S/C19H26N2O4/c1-19(2,3)25-18(23)21-15-9-10-16(21)12-20(11-15)17(22)24-13-14-7-5-4-6-8-14/h4-8,15-16H,9-13H2,1-3H3/t15-,16+. The summed E-state index contributed by atoms with van der Waals surface area (Å²) in [5.41, 5.74) is 0.452. The van der Waals surface area contributed by atoms with E-state index in [4.69, 9.17) is 9.47 Å². The number of nitrogens with zero attached hydrogens (tertiary/aromatic N) is 2. The first kappa shape index (κ1) is 17.6. The molecule has 2 aliphatic rings. The molecule has 0 spiro atoms. The third-order valence-electron chi connectivity index (χ3n) is 4.55. The average molecular weight is 346 g/mol. The molecular formula is C19H26N2O4. The van der Waals surface area contributed by atoms with Gasteiger partial charge in [0.2, 0.25) is 0 Å². The van der Waals surface area contributed by atoms with Crippen molar-refractivity contribution in [2.75, 3.05) is 13.1 Å². The topological polar surface area (TPSA) is 59.1 Å². The van der Waals surface area contributed by atoms with Gasteiger partial charge >= 0.3 is 12.2 Å². The highest BCUT2D eigenvalue weighted by Crippen LogP contribution is 2.32. The zero-order valence-electron chi connectivity index (χ0n) is 15.1. The van der Waals surface area contributed by atoms with Gasteiger partial charge in [0.15, 0.2) is 0 Å². The van der Waals surface area contributed by atoms with E-state index in [9.17, 15) is 9.59 Å². The third kappa shape index (κ3) is 4.24. The number of hydrogen-bond acceptors (Lipinski definition) is 4. The number of rotatable bonds is 2. The predicted octanol–water partition coefficient (Wildman–Crippen LogP) is 3.41. The summed E-state index contributed by atoms with van der Waals surface area (Å²) in [6.07, 6.45) is 1.19. The van der Waals surface area contributed by atoms with Gasteiger partial charge in [0.25, 0.3) is 0 Å². The van der Waals surface area contributed by atoms with Crippen molar-refractivity contribution in [2.45, 2.75) is 57.9 Å². The number of carbonyl (C=O) groups is 2. The summed E-state index contributed by atoms with van der Waals surface area (Å²) in [5, 5.41) is 0. The second-order valence-corrected chi connectivity index (χ2v) is 7.72. The predicted molar refractivity (Wildman–Crippen MR) is 93.1 cm³/mol. The van der Waals surface area contributed by atoms with Gasteiger partial charge in [-0.05, 0) is 39.2 Å². The van der Waals surface area contributed by atoms with Crippen molar-refractivity contribution in [3.8, 4) is 0 Å². The molecule has 0 aromatic heterocycles. The molecule has 0 N–H and O–H groups in total. The van der Waals surface area contributed by atoms with Gasteiger partial charge in [-0.1, -0.05) is 30.3 Å². The molecule has 6 nitrogen and oxygen atoms in total. The van der Waals surface area contributed by atoms with Gasteiger partial charge in [0.05, 0.1) is 12.1 Å². The zero-order valence-corrected chi connectivity index (χ0v) is 15.1. The summed E-state index contributed by atoms with van der Waals surface area (Å²) in [5.74, 6) is 0. The summed E-state index contributed by atoms with van der Waals surface area (Å²) in [6, 6.07) is 9.65. The minimum absolute atomic E-state index is 0.0119. The van der Waals surface area contributed by atoms with Crippen molar-refractivity contribution in [3.63, 3.8) is 0 Å². The SMILES string of the molecule is CC(C)(C)OC(=O)N1[C@@H]2CC[C@H]1CN(C(=O)OCc1ccccc1)C2. The second kappa shape index (κ2) is 6.94. The second-order valence-electron chi connectivity index (χ2n) is 7.72. The normalized spacial score (nSPS) is 22.7. The van der Waals surface area contributed by atoms with Gasteiger partial charge in [-0.2, -0.15) is 0 Å². The van der Waals surface area contributed by atoms with Crippen molar-refractivity contribution in [1.82, 2.24) is 9.80 Å². The average Bonchev–Trinajstić information content (AvgIpc) is 2.82. The first-order chi connectivity index (χ1) is 11.8. The van der Waals surface area contributed by atoms with Crippen LogP contribution in [0.4, 0.5) is 9.59 Å². The lowest BCUT2D eigenvalue weighted by molar-refractivity contribution is -0.00597. The van der Waals surface area contributed by atoms with E-state index in [1.165, 1.54) is 0 Å². The highest BCUT2D eigenvalue weighted by Gasteiger charge is 2.45. The Kier molecular flexibility index (Phi) is 4.88. The lowest BCUT2D eigenvalue weighted by atomic mass is 10.2. The van der Waals surface area contributed by atoms with E-state index in [-0.39, 0.29) is 30.9 Å². The van der Waals surface area contributed by atoms with Crippen LogP contribution in [0.3, 0.4) is 0 Å². The molecule has 2 saturated heterocycles. The molecule has 0 aliphatic carbocycles. The number of amides is 2. The van der Waals surface area contributed by atoms with Crippen LogP contribution in [0, 0.1) is 0 Å². The maximum absolute atomic E-state index is 12.4. The quantitative estimate of drug-likeness (QED) is 0.823. The van der Waals surface area contributed by atoms with Gasteiger partial charge in [-0.3, -0.25) is 4.90 Å². The number of likely N-dealkylation sites (tertiary alicyclic amines) is 1. The Balaban J connectivity index is 1.56. The van der Waals surface area contributed by atoms with Gasteiger partial charge in [-0.25, -0.2) is 9.59 Å². The smallest absolute Gasteiger partial charge is 0.410 e. The molecule has 6 heteroatoms. The fourth-order valence-corrected chi connectivity index (χ4v) is 3.48. The van der Waals surface area contributed by atoms with Crippen LogP contribution in [0.15, 0.2) is 30.3 Å². The lowest BCUT2D eigenvalue weighted by Crippen LogP contribution is -2.57. The maximum atomic E-state index is 12.4. The molecule has 1 aromatic rings.